The second kappa shape index (κ2) is 7.61. The summed E-state index contributed by atoms with van der Waals surface area (Å²) in [6.07, 6.45) is 1.39. The van der Waals surface area contributed by atoms with E-state index >= 15 is 0 Å². The maximum absolute atomic E-state index is 12.2. The van der Waals surface area contributed by atoms with Crippen LogP contribution in [-0.4, -0.2) is 28.7 Å². The van der Waals surface area contributed by atoms with Gasteiger partial charge in [-0.15, -0.1) is 0 Å². The molecule has 0 amide bonds. The van der Waals surface area contributed by atoms with E-state index in [1.165, 1.54) is 18.3 Å². The van der Waals surface area contributed by atoms with E-state index in [1.807, 2.05) is 43.3 Å². The molecule has 0 radical (unpaired) electrons. The average molecular weight is 407 g/mol. The molecular formula is C15H14Cl3N3O2S. The smallest absolute Gasteiger partial charge is 0.278 e. The van der Waals surface area contributed by atoms with Gasteiger partial charge in [0.2, 0.25) is 0 Å². The number of rotatable bonds is 5. The lowest BCUT2D eigenvalue weighted by Crippen LogP contribution is -2.18. The monoisotopic (exact) mass is 405 g/mol. The van der Waals surface area contributed by atoms with Gasteiger partial charge in [0.1, 0.15) is 4.90 Å². The van der Waals surface area contributed by atoms with Crippen LogP contribution in [0.25, 0.3) is 0 Å². The molecule has 0 aromatic heterocycles. The van der Waals surface area contributed by atoms with Crippen LogP contribution in [0.3, 0.4) is 0 Å². The van der Waals surface area contributed by atoms with Crippen molar-refractivity contribution in [2.24, 2.45) is 5.10 Å². The molecule has 0 saturated carbocycles. The Kier molecular flexibility index (Phi) is 5.98. The van der Waals surface area contributed by atoms with E-state index in [9.17, 15) is 8.42 Å². The van der Waals surface area contributed by atoms with Gasteiger partial charge in [-0.25, -0.2) is 4.83 Å². The molecule has 0 atom stereocenters. The summed E-state index contributed by atoms with van der Waals surface area (Å²) in [5, 5.41) is 3.97. The molecular weight excluding hydrogens is 393 g/mol. The first-order valence-electron chi connectivity index (χ1n) is 6.67. The Labute approximate surface area is 155 Å². The van der Waals surface area contributed by atoms with Crippen LogP contribution in [0.15, 0.2) is 46.4 Å². The summed E-state index contributed by atoms with van der Waals surface area (Å²) in [6, 6.07) is 9.87. The Balaban J connectivity index is 2.17. The van der Waals surface area contributed by atoms with E-state index in [-0.39, 0.29) is 20.0 Å². The summed E-state index contributed by atoms with van der Waals surface area (Å²) in [7, 11) is -0.0956. The standard InChI is InChI=1S/C15H14Cl3N3O2S/c1-21(2)11-5-3-10(4-6-11)9-19-20-24(22,23)15-8-13(17)12(16)7-14(15)18/h3-9,20H,1-2H3. The van der Waals surface area contributed by atoms with Crippen molar-refractivity contribution in [2.75, 3.05) is 19.0 Å². The first-order chi connectivity index (χ1) is 11.2. The number of sulfonamides is 1. The summed E-state index contributed by atoms with van der Waals surface area (Å²) in [5.41, 5.74) is 1.76. The van der Waals surface area contributed by atoms with E-state index in [0.29, 0.717) is 0 Å². The Bertz CT molecular complexity index is 866. The normalized spacial score (nSPS) is 11.7. The molecule has 0 heterocycles. The third-order valence-electron chi connectivity index (χ3n) is 3.06. The summed E-state index contributed by atoms with van der Waals surface area (Å²) in [5.74, 6) is 0. The summed E-state index contributed by atoms with van der Waals surface area (Å²) >= 11 is 17.5. The first kappa shape index (κ1) is 18.9. The molecule has 2 rings (SSSR count). The van der Waals surface area contributed by atoms with E-state index in [0.717, 1.165) is 11.3 Å². The van der Waals surface area contributed by atoms with Crippen LogP contribution in [0, 0.1) is 0 Å². The van der Waals surface area contributed by atoms with Crippen LogP contribution in [-0.2, 0) is 10.0 Å². The van der Waals surface area contributed by atoms with Crippen LogP contribution in [0.1, 0.15) is 5.56 Å². The lowest BCUT2D eigenvalue weighted by atomic mass is 10.2. The summed E-state index contributed by atoms with van der Waals surface area (Å²) < 4.78 is 24.5. The highest BCUT2D eigenvalue weighted by Crippen LogP contribution is 2.31. The van der Waals surface area contributed by atoms with Gasteiger partial charge in [0.25, 0.3) is 10.0 Å². The average Bonchev–Trinajstić information content (AvgIpc) is 2.51. The van der Waals surface area contributed by atoms with Crippen LogP contribution in [0.5, 0.6) is 0 Å². The second-order valence-electron chi connectivity index (χ2n) is 5.04. The molecule has 0 spiro atoms. The molecule has 0 aliphatic carbocycles. The number of halogens is 3. The third kappa shape index (κ3) is 4.54. The maximum atomic E-state index is 12.2. The van der Waals surface area contributed by atoms with Crippen molar-refractivity contribution in [3.05, 3.63) is 57.0 Å². The quantitative estimate of drug-likeness (QED) is 0.463. The molecule has 0 aliphatic rings. The zero-order chi connectivity index (χ0) is 17.9. The Morgan fingerprint density at radius 2 is 1.58 bits per heavy atom. The maximum Gasteiger partial charge on any atom is 0.278 e. The number of benzene rings is 2. The molecule has 5 nitrogen and oxygen atoms in total. The molecule has 0 aliphatic heterocycles. The number of nitrogens with one attached hydrogen (secondary N) is 1. The molecule has 24 heavy (non-hydrogen) atoms. The van der Waals surface area contributed by atoms with Gasteiger partial charge in [-0.3, -0.25) is 0 Å². The van der Waals surface area contributed by atoms with Gasteiger partial charge in [0, 0.05) is 19.8 Å². The summed E-state index contributed by atoms with van der Waals surface area (Å²) in [4.78, 5) is 3.85. The molecule has 2 aromatic carbocycles. The zero-order valence-electron chi connectivity index (χ0n) is 12.8. The lowest BCUT2D eigenvalue weighted by Gasteiger charge is -2.11. The van der Waals surface area contributed by atoms with Crippen molar-refractivity contribution in [3.8, 4) is 0 Å². The number of hydrogen-bond acceptors (Lipinski definition) is 4. The Morgan fingerprint density at radius 1 is 1.00 bits per heavy atom. The minimum Gasteiger partial charge on any atom is -0.378 e. The van der Waals surface area contributed by atoms with E-state index in [2.05, 4.69) is 9.93 Å². The van der Waals surface area contributed by atoms with Gasteiger partial charge in [-0.2, -0.15) is 13.5 Å². The van der Waals surface area contributed by atoms with Gasteiger partial charge >= 0.3 is 0 Å². The predicted molar refractivity (Wildman–Crippen MR) is 100 cm³/mol. The van der Waals surface area contributed by atoms with Crippen LogP contribution >= 0.6 is 34.8 Å². The number of hydrogen-bond donors (Lipinski definition) is 1. The topological polar surface area (TPSA) is 61.8 Å². The number of anilines is 1. The van der Waals surface area contributed by atoms with Gasteiger partial charge in [-0.1, -0.05) is 46.9 Å². The lowest BCUT2D eigenvalue weighted by molar-refractivity contribution is 0.585. The van der Waals surface area contributed by atoms with Crippen LogP contribution in [0.2, 0.25) is 15.1 Å². The summed E-state index contributed by atoms with van der Waals surface area (Å²) in [6.45, 7) is 0. The minimum absolute atomic E-state index is 0.0394. The van der Waals surface area contributed by atoms with E-state index < -0.39 is 10.0 Å². The zero-order valence-corrected chi connectivity index (χ0v) is 15.9. The van der Waals surface area contributed by atoms with Crippen LogP contribution in [0.4, 0.5) is 5.69 Å². The molecule has 0 unspecified atom stereocenters. The van der Waals surface area contributed by atoms with Gasteiger partial charge in [-0.05, 0) is 29.8 Å². The molecule has 128 valence electrons. The second-order valence-corrected chi connectivity index (χ2v) is 7.89. The minimum atomic E-state index is -3.95. The Hall–Kier alpha value is -1.47. The van der Waals surface area contributed by atoms with Crippen molar-refractivity contribution in [2.45, 2.75) is 4.90 Å². The van der Waals surface area contributed by atoms with Gasteiger partial charge in [0.15, 0.2) is 0 Å². The number of nitrogens with zero attached hydrogens (tertiary/aromatic N) is 2. The molecule has 9 heteroatoms. The molecule has 2 aromatic rings. The fourth-order valence-corrected chi connectivity index (χ4v) is 3.58. The fraction of sp³-hybridized carbons (Fsp3) is 0.133. The van der Waals surface area contributed by atoms with Crippen molar-refractivity contribution in [1.29, 1.82) is 0 Å². The molecule has 0 bridgehead atoms. The first-order valence-corrected chi connectivity index (χ1v) is 9.29. The fourth-order valence-electron chi connectivity index (χ4n) is 1.79. The molecule has 1 N–H and O–H groups in total. The SMILES string of the molecule is CN(C)c1ccc(C=NNS(=O)(=O)c2cc(Cl)c(Cl)cc2Cl)cc1. The molecule has 0 saturated heterocycles. The van der Waals surface area contributed by atoms with E-state index in [4.69, 9.17) is 34.8 Å². The Morgan fingerprint density at radius 3 is 2.17 bits per heavy atom. The number of hydrazone groups is 1. The van der Waals surface area contributed by atoms with Crippen molar-refractivity contribution < 1.29 is 8.42 Å². The highest BCUT2D eigenvalue weighted by molar-refractivity contribution is 7.89. The highest BCUT2D eigenvalue weighted by atomic mass is 35.5. The van der Waals surface area contributed by atoms with E-state index in [1.54, 1.807) is 0 Å². The van der Waals surface area contributed by atoms with Gasteiger partial charge < -0.3 is 4.90 Å². The van der Waals surface area contributed by atoms with Crippen molar-refractivity contribution in [1.82, 2.24) is 4.83 Å². The molecule has 0 fully saturated rings. The van der Waals surface area contributed by atoms with Crippen LogP contribution < -0.4 is 9.73 Å². The third-order valence-corrected chi connectivity index (χ3v) is 5.47. The van der Waals surface area contributed by atoms with Crippen molar-refractivity contribution in [3.63, 3.8) is 0 Å². The highest BCUT2D eigenvalue weighted by Gasteiger charge is 2.19. The van der Waals surface area contributed by atoms with Gasteiger partial charge in [0.05, 0.1) is 21.3 Å². The van der Waals surface area contributed by atoms with Crippen molar-refractivity contribution >= 4 is 56.7 Å². The predicted octanol–water partition coefficient (Wildman–Crippen LogP) is 4.03. The largest absolute Gasteiger partial charge is 0.378 e.